The molecule has 0 spiro atoms. The average Bonchev–Trinajstić information content (AvgIpc) is 2.63. The van der Waals surface area contributed by atoms with Crippen LogP contribution >= 0.6 is 0 Å². The minimum Gasteiger partial charge on any atom is -0.444 e. The molecule has 0 bridgehead atoms. The lowest BCUT2D eigenvalue weighted by molar-refractivity contribution is -0.168. The van der Waals surface area contributed by atoms with Crippen molar-refractivity contribution in [1.29, 1.82) is 0 Å². The van der Waals surface area contributed by atoms with Gasteiger partial charge in [0.15, 0.2) is 5.60 Å². The number of β-amino-alcohol motifs (C(OH)–C–C–N with tert-alkyl or cyclic N) is 1. The summed E-state index contributed by atoms with van der Waals surface area (Å²) in [5.41, 5.74) is -3.27. The Labute approximate surface area is 171 Å². The Kier molecular flexibility index (Phi) is 5.56. The van der Waals surface area contributed by atoms with Gasteiger partial charge < -0.3 is 24.5 Å². The molecule has 9 nitrogen and oxygen atoms in total. The molecule has 2 aliphatic rings. The van der Waals surface area contributed by atoms with Crippen molar-refractivity contribution in [3.8, 4) is 0 Å². The van der Waals surface area contributed by atoms with Crippen LogP contribution in [0.15, 0.2) is 12.4 Å². The van der Waals surface area contributed by atoms with Gasteiger partial charge in [-0.15, -0.1) is 0 Å². The highest BCUT2D eigenvalue weighted by atomic mass is 19.4. The van der Waals surface area contributed by atoms with E-state index in [4.69, 9.17) is 4.74 Å². The Balaban J connectivity index is 1.52. The molecule has 12 heteroatoms. The number of hydrogen-bond acceptors (Lipinski definition) is 7. The maximum absolute atomic E-state index is 12.7. The van der Waals surface area contributed by atoms with E-state index in [2.05, 4.69) is 9.97 Å². The van der Waals surface area contributed by atoms with Crippen LogP contribution in [0, 0.1) is 0 Å². The summed E-state index contributed by atoms with van der Waals surface area (Å²) in [6, 6.07) is 0. The molecule has 1 aromatic rings. The van der Waals surface area contributed by atoms with Crippen molar-refractivity contribution in [3.05, 3.63) is 18.0 Å². The number of nitrogens with zero attached hydrogens (tertiary/aromatic N) is 5. The van der Waals surface area contributed by atoms with E-state index < -0.39 is 34.9 Å². The lowest BCUT2D eigenvalue weighted by atomic mass is 9.92. The molecule has 2 fully saturated rings. The van der Waals surface area contributed by atoms with Crippen LogP contribution < -0.4 is 4.90 Å². The summed E-state index contributed by atoms with van der Waals surface area (Å²) in [5.74, 6) is -0.344. The first-order valence-corrected chi connectivity index (χ1v) is 9.42. The Morgan fingerprint density at radius 2 is 1.57 bits per heavy atom. The van der Waals surface area contributed by atoms with Crippen molar-refractivity contribution < 1.29 is 32.6 Å². The number of aromatic nitrogens is 2. The van der Waals surface area contributed by atoms with E-state index in [9.17, 15) is 27.9 Å². The molecular weight excluding hydrogens is 407 g/mol. The molecule has 0 saturated carbocycles. The Bertz CT molecular complexity index is 796. The fourth-order valence-electron chi connectivity index (χ4n) is 3.21. The van der Waals surface area contributed by atoms with Crippen LogP contribution in [0.5, 0.6) is 0 Å². The first kappa shape index (κ1) is 22.1. The molecule has 166 valence electrons. The molecule has 30 heavy (non-hydrogen) atoms. The van der Waals surface area contributed by atoms with E-state index in [1.54, 1.807) is 25.7 Å². The van der Waals surface area contributed by atoms with E-state index in [1.807, 2.05) is 0 Å². The molecule has 0 atom stereocenters. The maximum atomic E-state index is 12.7. The molecule has 3 heterocycles. The van der Waals surface area contributed by atoms with Gasteiger partial charge in [0.05, 0.1) is 18.7 Å². The van der Waals surface area contributed by atoms with Crippen LogP contribution in [-0.2, 0) is 15.7 Å². The number of rotatable bonds is 2. The lowest BCUT2D eigenvalue weighted by Gasteiger charge is -2.47. The van der Waals surface area contributed by atoms with Crippen molar-refractivity contribution in [2.24, 2.45) is 0 Å². The molecule has 0 unspecified atom stereocenters. The zero-order valence-electron chi connectivity index (χ0n) is 16.9. The molecule has 1 N–H and O–H groups in total. The summed E-state index contributed by atoms with van der Waals surface area (Å²) >= 11 is 0. The van der Waals surface area contributed by atoms with Crippen LogP contribution in [0.1, 0.15) is 26.3 Å². The van der Waals surface area contributed by atoms with Crippen LogP contribution in [0.3, 0.4) is 0 Å². The molecule has 3 rings (SSSR count). The Morgan fingerprint density at radius 1 is 1.03 bits per heavy atom. The molecule has 2 amide bonds. The third kappa shape index (κ3) is 4.74. The Morgan fingerprint density at radius 3 is 2.03 bits per heavy atom. The van der Waals surface area contributed by atoms with Gasteiger partial charge in [0.25, 0.3) is 5.91 Å². The fraction of sp³-hybridized carbons (Fsp3) is 0.667. The number of carbonyl (C=O) groups is 2. The first-order chi connectivity index (χ1) is 13.8. The second kappa shape index (κ2) is 7.56. The predicted molar refractivity (Wildman–Crippen MR) is 98.6 cm³/mol. The molecule has 2 saturated heterocycles. The summed E-state index contributed by atoms with van der Waals surface area (Å²) in [5, 5.41) is 10.6. The van der Waals surface area contributed by atoms with Gasteiger partial charge in [-0.25, -0.2) is 14.8 Å². The van der Waals surface area contributed by atoms with Crippen LogP contribution in [-0.4, -0.2) is 87.3 Å². The van der Waals surface area contributed by atoms with E-state index in [1.165, 1.54) is 9.80 Å². The standard InChI is InChI=1S/C18H24F3N5O4/c1-16(2,3)30-15(28)26-10-17(29,11-26)13(27)24-4-6-25(7-5-24)14-22-8-12(9-23-14)18(19,20)21/h8-9,29H,4-7,10-11H2,1-3H3. The summed E-state index contributed by atoms with van der Waals surface area (Å²) in [6.45, 7) is 5.99. The minimum atomic E-state index is -4.50. The van der Waals surface area contributed by atoms with Gasteiger partial charge in [0.1, 0.15) is 5.60 Å². The van der Waals surface area contributed by atoms with Gasteiger partial charge in [-0.2, -0.15) is 13.2 Å². The monoisotopic (exact) mass is 431 g/mol. The van der Waals surface area contributed by atoms with Crippen LogP contribution in [0.25, 0.3) is 0 Å². The zero-order valence-corrected chi connectivity index (χ0v) is 16.9. The predicted octanol–water partition coefficient (Wildman–Crippen LogP) is 1.13. The average molecular weight is 431 g/mol. The van der Waals surface area contributed by atoms with Crippen LogP contribution in [0.2, 0.25) is 0 Å². The normalized spacial score (nSPS) is 19.4. The first-order valence-electron chi connectivity index (χ1n) is 9.42. The van der Waals surface area contributed by atoms with Crippen molar-refractivity contribution >= 4 is 17.9 Å². The van der Waals surface area contributed by atoms with Crippen molar-refractivity contribution in [3.63, 3.8) is 0 Å². The van der Waals surface area contributed by atoms with Gasteiger partial charge in [-0.1, -0.05) is 0 Å². The smallest absolute Gasteiger partial charge is 0.419 e. The molecule has 1 aromatic heterocycles. The van der Waals surface area contributed by atoms with E-state index in [0.29, 0.717) is 13.1 Å². The molecule has 0 aromatic carbocycles. The second-order valence-electron chi connectivity index (χ2n) is 8.42. The Hall–Kier alpha value is -2.63. The largest absolute Gasteiger partial charge is 0.444 e. The maximum Gasteiger partial charge on any atom is 0.419 e. The number of amides is 2. The number of carbonyl (C=O) groups excluding carboxylic acids is 2. The van der Waals surface area contributed by atoms with Crippen molar-refractivity contribution in [2.45, 2.75) is 38.1 Å². The molecular formula is C18H24F3N5O4. The number of halogens is 3. The highest BCUT2D eigenvalue weighted by Gasteiger charge is 2.52. The summed E-state index contributed by atoms with van der Waals surface area (Å²) in [7, 11) is 0. The van der Waals surface area contributed by atoms with Gasteiger partial charge in [0, 0.05) is 38.6 Å². The van der Waals surface area contributed by atoms with E-state index in [-0.39, 0.29) is 32.1 Å². The fourth-order valence-corrected chi connectivity index (χ4v) is 3.21. The lowest BCUT2D eigenvalue weighted by Crippen LogP contribution is -2.71. The summed E-state index contributed by atoms with van der Waals surface area (Å²) < 4.78 is 43.1. The van der Waals surface area contributed by atoms with Gasteiger partial charge >= 0.3 is 12.3 Å². The number of piperazine rings is 1. The second-order valence-corrected chi connectivity index (χ2v) is 8.42. The number of anilines is 1. The number of alkyl halides is 3. The molecule has 2 aliphatic heterocycles. The third-order valence-electron chi connectivity index (χ3n) is 4.77. The summed E-state index contributed by atoms with van der Waals surface area (Å²) in [6.07, 6.45) is -3.65. The highest BCUT2D eigenvalue weighted by Crippen LogP contribution is 2.29. The number of likely N-dealkylation sites (tertiary alicyclic amines) is 1. The van der Waals surface area contributed by atoms with Gasteiger partial charge in [0.2, 0.25) is 5.95 Å². The quantitative estimate of drug-likeness (QED) is 0.749. The number of hydrogen-bond donors (Lipinski definition) is 1. The topological polar surface area (TPSA) is 99.1 Å². The molecule has 0 radical (unpaired) electrons. The van der Waals surface area contributed by atoms with Crippen molar-refractivity contribution in [1.82, 2.24) is 19.8 Å². The zero-order chi connectivity index (χ0) is 22.3. The van der Waals surface area contributed by atoms with Gasteiger partial charge in [-0.05, 0) is 20.8 Å². The third-order valence-corrected chi connectivity index (χ3v) is 4.77. The van der Waals surface area contributed by atoms with Gasteiger partial charge in [-0.3, -0.25) is 4.79 Å². The minimum absolute atomic E-state index is 0.147. The number of aliphatic hydroxyl groups is 1. The van der Waals surface area contributed by atoms with E-state index in [0.717, 1.165) is 12.4 Å². The number of ether oxygens (including phenoxy) is 1. The highest BCUT2D eigenvalue weighted by molar-refractivity contribution is 5.89. The summed E-state index contributed by atoms with van der Waals surface area (Å²) in [4.78, 5) is 36.6. The van der Waals surface area contributed by atoms with Crippen LogP contribution in [0.4, 0.5) is 23.9 Å². The SMILES string of the molecule is CC(C)(C)OC(=O)N1CC(O)(C(=O)N2CCN(c3ncc(C(F)(F)F)cn3)CC2)C1. The van der Waals surface area contributed by atoms with Crippen molar-refractivity contribution in [2.75, 3.05) is 44.2 Å². The molecule has 0 aliphatic carbocycles. The van der Waals surface area contributed by atoms with E-state index >= 15 is 0 Å².